The molecule has 0 aliphatic carbocycles. The number of hydrogen-bond donors (Lipinski definition) is 0. The van der Waals surface area contributed by atoms with Gasteiger partial charge < -0.3 is 4.74 Å². The summed E-state index contributed by atoms with van der Waals surface area (Å²) >= 11 is 0. The molecule has 0 aromatic carbocycles. The van der Waals surface area contributed by atoms with Crippen LogP contribution in [0.3, 0.4) is 0 Å². The summed E-state index contributed by atoms with van der Waals surface area (Å²) in [5, 5.41) is 0. The number of hydrogen-bond acceptors (Lipinski definition) is 2. The van der Waals surface area contributed by atoms with Gasteiger partial charge in [-0.05, 0) is 19.3 Å². The summed E-state index contributed by atoms with van der Waals surface area (Å²) in [5.74, 6) is -0.333. The minimum absolute atomic E-state index is 0.333. The van der Waals surface area contributed by atoms with Crippen molar-refractivity contribution in [3.05, 3.63) is 24.8 Å². The third kappa shape index (κ3) is 19.0. The van der Waals surface area contributed by atoms with Crippen molar-refractivity contribution >= 4 is 5.97 Å². The molecule has 0 spiro atoms. The average Bonchev–Trinajstić information content (AvgIpc) is 2.60. The molecule has 0 amide bonds. The van der Waals surface area contributed by atoms with Crippen LogP contribution in [0.2, 0.25) is 0 Å². The predicted octanol–water partition coefficient (Wildman–Crippen LogP) is 7.14. The quantitative estimate of drug-likeness (QED) is 0.115. The third-order valence-electron chi connectivity index (χ3n) is 4.34. The lowest BCUT2D eigenvalue weighted by molar-refractivity contribution is -0.137. The number of allylic oxidation sites excluding steroid dienone is 1. The van der Waals surface area contributed by atoms with Gasteiger partial charge in [0.2, 0.25) is 0 Å². The van der Waals surface area contributed by atoms with Crippen molar-refractivity contribution in [1.29, 1.82) is 0 Å². The second kappa shape index (κ2) is 20.0. The van der Waals surface area contributed by atoms with Gasteiger partial charge in [-0.25, -0.2) is 4.79 Å². The van der Waals surface area contributed by atoms with E-state index >= 15 is 0 Å². The molecule has 2 nitrogen and oxygen atoms in total. The molecule has 0 radical (unpaired) electrons. The molecular formula is C22H40O2. The van der Waals surface area contributed by atoms with E-state index in [4.69, 9.17) is 4.74 Å². The average molecular weight is 337 g/mol. The Bertz CT molecular complexity index is 307. The van der Waals surface area contributed by atoms with Crippen LogP contribution in [0, 0.1) is 0 Å². The summed E-state index contributed by atoms with van der Waals surface area (Å²) < 4.78 is 4.91. The Morgan fingerprint density at radius 3 is 1.71 bits per heavy atom. The largest absolute Gasteiger partial charge is 0.462 e. The van der Waals surface area contributed by atoms with E-state index in [1.54, 1.807) is 0 Å². The molecule has 24 heavy (non-hydrogen) atoms. The van der Waals surface area contributed by atoms with E-state index in [0.717, 1.165) is 12.8 Å². The minimum atomic E-state index is -0.333. The van der Waals surface area contributed by atoms with Crippen molar-refractivity contribution in [2.75, 3.05) is 6.61 Å². The highest BCUT2D eigenvalue weighted by Gasteiger charge is 1.94. The first-order valence-electron chi connectivity index (χ1n) is 10.3. The Kier molecular flexibility index (Phi) is 19.1. The van der Waals surface area contributed by atoms with Crippen molar-refractivity contribution in [3.63, 3.8) is 0 Å². The van der Waals surface area contributed by atoms with Crippen LogP contribution in [-0.4, -0.2) is 12.6 Å². The molecule has 2 heteroatoms. The topological polar surface area (TPSA) is 26.3 Å². The van der Waals surface area contributed by atoms with Crippen LogP contribution < -0.4 is 0 Å². The fourth-order valence-electron chi connectivity index (χ4n) is 2.80. The summed E-state index contributed by atoms with van der Waals surface area (Å²) in [6, 6.07) is 0. The van der Waals surface area contributed by atoms with Crippen LogP contribution in [0.25, 0.3) is 0 Å². The van der Waals surface area contributed by atoms with Crippen LogP contribution in [-0.2, 0) is 9.53 Å². The summed E-state index contributed by atoms with van der Waals surface area (Å²) in [4.78, 5) is 10.8. The second-order valence-electron chi connectivity index (χ2n) is 6.66. The predicted molar refractivity (Wildman–Crippen MR) is 105 cm³/mol. The minimum Gasteiger partial charge on any atom is -0.462 e. The Morgan fingerprint density at radius 1 is 0.750 bits per heavy atom. The van der Waals surface area contributed by atoms with E-state index in [9.17, 15) is 4.79 Å². The van der Waals surface area contributed by atoms with Crippen molar-refractivity contribution in [1.82, 2.24) is 0 Å². The van der Waals surface area contributed by atoms with E-state index in [2.05, 4.69) is 25.7 Å². The van der Waals surface area contributed by atoms with Gasteiger partial charge in [0.05, 0.1) is 6.61 Å². The lowest BCUT2D eigenvalue weighted by Crippen LogP contribution is -2.00. The maximum atomic E-state index is 10.8. The number of carbonyl (C=O) groups excluding carboxylic acids is 1. The molecule has 0 saturated carbocycles. The SMILES string of the molecule is C=CC(=O)OCC/C=C/CCCCCCCCCCCCCCC. The van der Waals surface area contributed by atoms with Crippen molar-refractivity contribution < 1.29 is 9.53 Å². The summed E-state index contributed by atoms with van der Waals surface area (Å²) in [6.45, 7) is 6.10. The van der Waals surface area contributed by atoms with Gasteiger partial charge in [-0.1, -0.05) is 103 Å². The van der Waals surface area contributed by atoms with E-state index in [-0.39, 0.29) is 5.97 Å². The summed E-state index contributed by atoms with van der Waals surface area (Å²) in [6.07, 6.45) is 25.7. The van der Waals surface area contributed by atoms with E-state index < -0.39 is 0 Å². The molecule has 140 valence electrons. The van der Waals surface area contributed by atoms with Gasteiger partial charge in [0.15, 0.2) is 0 Å². The van der Waals surface area contributed by atoms with Crippen LogP contribution in [0.5, 0.6) is 0 Å². The van der Waals surface area contributed by atoms with Gasteiger partial charge in [-0.15, -0.1) is 0 Å². The Labute approximate surface area is 150 Å². The highest BCUT2D eigenvalue weighted by atomic mass is 16.5. The zero-order chi connectivity index (χ0) is 17.7. The van der Waals surface area contributed by atoms with Crippen molar-refractivity contribution in [2.24, 2.45) is 0 Å². The Morgan fingerprint density at radius 2 is 1.21 bits per heavy atom. The molecule has 0 aliphatic rings. The Balaban J connectivity index is 3.09. The number of esters is 1. The third-order valence-corrected chi connectivity index (χ3v) is 4.34. The molecule has 0 fully saturated rings. The maximum absolute atomic E-state index is 10.8. The summed E-state index contributed by atoms with van der Waals surface area (Å²) in [7, 11) is 0. The standard InChI is InChI=1S/C22H40O2/c1-3-5-6-7-8-9-10-11-12-13-14-15-16-17-18-19-20-21-24-22(23)4-2/h4,18-19H,2-3,5-17,20-21H2,1H3/b19-18+. The highest BCUT2D eigenvalue weighted by molar-refractivity contribution is 5.81. The molecule has 0 aromatic heterocycles. The van der Waals surface area contributed by atoms with Gasteiger partial charge >= 0.3 is 5.97 Å². The molecule has 0 aromatic rings. The number of unbranched alkanes of at least 4 members (excludes halogenated alkanes) is 13. The molecule has 0 atom stereocenters. The van der Waals surface area contributed by atoms with Gasteiger partial charge in [0, 0.05) is 6.08 Å². The number of rotatable bonds is 18. The molecule has 0 rings (SSSR count). The van der Waals surface area contributed by atoms with Crippen molar-refractivity contribution in [2.45, 2.75) is 103 Å². The smallest absolute Gasteiger partial charge is 0.330 e. The zero-order valence-electron chi connectivity index (χ0n) is 16.1. The first-order valence-corrected chi connectivity index (χ1v) is 10.3. The molecule has 0 aliphatic heterocycles. The lowest BCUT2D eigenvalue weighted by Gasteiger charge is -2.02. The Hall–Kier alpha value is -1.05. The first-order chi connectivity index (χ1) is 11.8. The lowest BCUT2D eigenvalue weighted by atomic mass is 10.0. The van der Waals surface area contributed by atoms with Crippen LogP contribution in [0.4, 0.5) is 0 Å². The highest BCUT2D eigenvalue weighted by Crippen LogP contribution is 2.13. The fourth-order valence-corrected chi connectivity index (χ4v) is 2.80. The van der Waals surface area contributed by atoms with Crippen LogP contribution in [0.15, 0.2) is 24.8 Å². The first kappa shape index (κ1) is 22.9. The number of ether oxygens (including phenoxy) is 1. The second-order valence-corrected chi connectivity index (χ2v) is 6.66. The molecule has 0 heterocycles. The molecular weight excluding hydrogens is 296 g/mol. The van der Waals surface area contributed by atoms with Crippen LogP contribution in [0.1, 0.15) is 103 Å². The molecule has 0 unspecified atom stereocenters. The molecule has 0 bridgehead atoms. The van der Waals surface area contributed by atoms with Crippen LogP contribution >= 0.6 is 0 Å². The fraction of sp³-hybridized carbons (Fsp3) is 0.773. The van der Waals surface area contributed by atoms with Gasteiger partial charge in [-0.2, -0.15) is 0 Å². The van der Waals surface area contributed by atoms with Gasteiger partial charge in [0.1, 0.15) is 0 Å². The monoisotopic (exact) mass is 336 g/mol. The van der Waals surface area contributed by atoms with Gasteiger partial charge in [-0.3, -0.25) is 0 Å². The summed E-state index contributed by atoms with van der Waals surface area (Å²) in [5.41, 5.74) is 0. The maximum Gasteiger partial charge on any atom is 0.330 e. The zero-order valence-corrected chi connectivity index (χ0v) is 16.1. The number of carbonyl (C=O) groups is 1. The normalized spacial score (nSPS) is 11.0. The van der Waals surface area contributed by atoms with E-state index in [1.165, 1.54) is 89.5 Å². The molecule has 0 N–H and O–H groups in total. The van der Waals surface area contributed by atoms with Gasteiger partial charge in [0.25, 0.3) is 0 Å². The van der Waals surface area contributed by atoms with Crippen molar-refractivity contribution in [3.8, 4) is 0 Å². The van der Waals surface area contributed by atoms with E-state index in [1.807, 2.05) is 0 Å². The molecule has 0 saturated heterocycles. The van der Waals surface area contributed by atoms with E-state index in [0.29, 0.717) is 6.61 Å².